The van der Waals surface area contributed by atoms with Crippen LogP contribution in [0.5, 0.6) is 5.75 Å². The van der Waals surface area contributed by atoms with Gasteiger partial charge in [-0.25, -0.2) is 0 Å². The first-order valence-electron chi connectivity index (χ1n) is 7.71. The molecule has 118 valence electrons. The number of aryl methyl sites for hydroxylation is 2. The molecular formula is C17H27NO3. The highest BCUT2D eigenvalue weighted by molar-refractivity contribution is 5.35. The molecule has 0 spiro atoms. The zero-order valence-electron chi connectivity index (χ0n) is 13.3. The molecule has 0 aliphatic carbocycles. The number of aliphatic hydroxyl groups is 1. The minimum absolute atomic E-state index is 0.341. The van der Waals surface area contributed by atoms with E-state index in [1.54, 1.807) is 7.11 Å². The Balaban J connectivity index is 1.73. The summed E-state index contributed by atoms with van der Waals surface area (Å²) in [7, 11) is 1.77. The lowest BCUT2D eigenvalue weighted by Crippen LogP contribution is -2.42. The monoisotopic (exact) mass is 293 g/mol. The third-order valence-corrected chi connectivity index (χ3v) is 4.10. The van der Waals surface area contributed by atoms with E-state index in [-0.39, 0.29) is 0 Å². The van der Waals surface area contributed by atoms with Gasteiger partial charge in [-0.15, -0.1) is 0 Å². The molecule has 1 saturated heterocycles. The molecule has 2 rings (SSSR count). The lowest BCUT2D eigenvalue weighted by molar-refractivity contribution is 0.0152. The number of likely N-dealkylation sites (tertiary alicyclic amines) is 1. The molecule has 1 atom stereocenters. The Bertz CT molecular complexity index is 442. The van der Waals surface area contributed by atoms with Gasteiger partial charge >= 0.3 is 0 Å². The number of aliphatic hydroxyl groups excluding tert-OH is 1. The van der Waals surface area contributed by atoms with E-state index >= 15 is 0 Å². The molecule has 0 saturated carbocycles. The highest BCUT2D eigenvalue weighted by Gasteiger charge is 2.20. The van der Waals surface area contributed by atoms with Gasteiger partial charge in [0.25, 0.3) is 0 Å². The molecule has 0 radical (unpaired) electrons. The van der Waals surface area contributed by atoms with E-state index < -0.39 is 6.10 Å². The second-order valence-corrected chi connectivity index (χ2v) is 5.97. The highest BCUT2D eigenvalue weighted by atomic mass is 16.5. The number of nitrogens with zero attached hydrogens (tertiary/aromatic N) is 1. The summed E-state index contributed by atoms with van der Waals surface area (Å²) in [6.45, 7) is 7.08. The van der Waals surface area contributed by atoms with Crippen LogP contribution in [0.3, 0.4) is 0 Å². The van der Waals surface area contributed by atoms with Crippen molar-refractivity contribution in [3.63, 3.8) is 0 Å². The zero-order valence-corrected chi connectivity index (χ0v) is 13.3. The summed E-state index contributed by atoms with van der Waals surface area (Å²) in [6, 6.07) is 6.10. The van der Waals surface area contributed by atoms with Gasteiger partial charge in [-0.3, -0.25) is 0 Å². The summed E-state index contributed by atoms with van der Waals surface area (Å²) in [5.74, 6) is 0.859. The van der Waals surface area contributed by atoms with Crippen LogP contribution in [0.15, 0.2) is 18.2 Å². The molecule has 0 amide bonds. The number of piperidine rings is 1. The Hall–Kier alpha value is -1.10. The molecule has 1 aliphatic heterocycles. The molecule has 0 aromatic heterocycles. The molecule has 0 bridgehead atoms. The summed E-state index contributed by atoms with van der Waals surface area (Å²) < 4.78 is 11.1. The topological polar surface area (TPSA) is 41.9 Å². The minimum atomic E-state index is -0.454. The fraction of sp³-hybridized carbons (Fsp3) is 0.647. The maximum absolute atomic E-state index is 10.1. The van der Waals surface area contributed by atoms with E-state index in [2.05, 4.69) is 17.9 Å². The van der Waals surface area contributed by atoms with E-state index in [0.29, 0.717) is 19.3 Å². The minimum Gasteiger partial charge on any atom is -0.491 e. The van der Waals surface area contributed by atoms with Crippen LogP contribution >= 0.6 is 0 Å². The maximum Gasteiger partial charge on any atom is 0.122 e. The Morgan fingerprint density at radius 2 is 2.00 bits per heavy atom. The number of β-amino-alcohol motifs (C(OH)–C–C–N with tert-alkyl or cyclic N) is 1. The molecule has 1 aromatic carbocycles. The molecule has 1 aromatic rings. The van der Waals surface area contributed by atoms with Gasteiger partial charge in [0.1, 0.15) is 18.5 Å². The van der Waals surface area contributed by atoms with Gasteiger partial charge in [0, 0.05) is 26.7 Å². The van der Waals surface area contributed by atoms with Gasteiger partial charge < -0.3 is 19.5 Å². The second-order valence-electron chi connectivity index (χ2n) is 5.97. The maximum atomic E-state index is 10.1. The predicted octanol–water partition coefficient (Wildman–Crippen LogP) is 2.15. The van der Waals surface area contributed by atoms with Gasteiger partial charge in [0.2, 0.25) is 0 Å². The van der Waals surface area contributed by atoms with Crippen molar-refractivity contribution in [1.29, 1.82) is 0 Å². The molecule has 1 fully saturated rings. The summed E-state index contributed by atoms with van der Waals surface area (Å²) in [5, 5.41) is 10.1. The van der Waals surface area contributed by atoms with E-state index in [0.717, 1.165) is 37.2 Å². The molecule has 4 nitrogen and oxygen atoms in total. The number of ether oxygens (including phenoxy) is 2. The lowest BCUT2D eigenvalue weighted by atomic mass is 10.1. The van der Waals surface area contributed by atoms with Crippen LogP contribution < -0.4 is 4.74 Å². The highest BCUT2D eigenvalue weighted by Crippen LogP contribution is 2.19. The average Bonchev–Trinajstić information content (AvgIpc) is 2.47. The van der Waals surface area contributed by atoms with Crippen molar-refractivity contribution in [3.8, 4) is 5.75 Å². The van der Waals surface area contributed by atoms with Gasteiger partial charge in [-0.2, -0.15) is 0 Å². The first-order valence-corrected chi connectivity index (χ1v) is 7.71. The van der Waals surface area contributed by atoms with Crippen LogP contribution in [-0.2, 0) is 4.74 Å². The Morgan fingerprint density at radius 1 is 1.29 bits per heavy atom. The smallest absolute Gasteiger partial charge is 0.122 e. The van der Waals surface area contributed by atoms with Crippen molar-refractivity contribution in [2.24, 2.45) is 0 Å². The lowest BCUT2D eigenvalue weighted by Gasteiger charge is -2.32. The summed E-state index contributed by atoms with van der Waals surface area (Å²) in [4.78, 5) is 2.28. The van der Waals surface area contributed by atoms with Crippen molar-refractivity contribution in [1.82, 2.24) is 4.90 Å². The van der Waals surface area contributed by atoms with Crippen LogP contribution in [0.2, 0.25) is 0 Å². The van der Waals surface area contributed by atoms with Gasteiger partial charge in [-0.1, -0.05) is 17.7 Å². The van der Waals surface area contributed by atoms with Crippen LogP contribution in [-0.4, -0.2) is 55.6 Å². The third-order valence-electron chi connectivity index (χ3n) is 4.10. The largest absolute Gasteiger partial charge is 0.491 e. The average molecular weight is 293 g/mol. The second kappa shape index (κ2) is 7.78. The molecule has 21 heavy (non-hydrogen) atoms. The zero-order chi connectivity index (χ0) is 15.2. The van der Waals surface area contributed by atoms with Crippen molar-refractivity contribution in [2.75, 3.05) is 33.4 Å². The Kier molecular flexibility index (Phi) is 6.03. The van der Waals surface area contributed by atoms with E-state index in [4.69, 9.17) is 9.47 Å². The number of rotatable bonds is 6. The molecular weight excluding hydrogens is 266 g/mol. The molecule has 1 aliphatic rings. The van der Waals surface area contributed by atoms with E-state index in [1.807, 2.05) is 19.1 Å². The summed E-state index contributed by atoms with van der Waals surface area (Å²) in [5.41, 5.74) is 2.34. The van der Waals surface area contributed by atoms with Crippen LogP contribution in [0.1, 0.15) is 24.0 Å². The third kappa shape index (κ3) is 4.99. The summed E-state index contributed by atoms with van der Waals surface area (Å²) >= 11 is 0. The number of hydrogen-bond acceptors (Lipinski definition) is 4. The van der Waals surface area contributed by atoms with Gasteiger partial charge in [0.05, 0.1) is 6.10 Å². The fourth-order valence-corrected chi connectivity index (χ4v) is 2.83. The van der Waals surface area contributed by atoms with Gasteiger partial charge in [-0.05, 0) is 38.3 Å². The molecule has 1 unspecified atom stereocenters. The quantitative estimate of drug-likeness (QED) is 0.873. The van der Waals surface area contributed by atoms with Crippen molar-refractivity contribution in [3.05, 3.63) is 29.3 Å². The van der Waals surface area contributed by atoms with Crippen LogP contribution in [0.4, 0.5) is 0 Å². The molecule has 1 heterocycles. The SMILES string of the molecule is COC1CCN(CC(O)COc2ccc(C)cc2C)CC1. The molecule has 1 N–H and O–H groups in total. The standard InChI is InChI=1S/C17H27NO3/c1-13-4-5-17(14(2)10-13)21-12-15(19)11-18-8-6-16(20-3)7-9-18/h4-5,10,15-16,19H,6-9,11-12H2,1-3H3. The van der Waals surface area contributed by atoms with Crippen molar-refractivity contribution >= 4 is 0 Å². The number of benzene rings is 1. The first kappa shape index (κ1) is 16.3. The van der Waals surface area contributed by atoms with Gasteiger partial charge in [0.15, 0.2) is 0 Å². The first-order chi connectivity index (χ1) is 10.1. The van der Waals surface area contributed by atoms with Crippen molar-refractivity contribution in [2.45, 2.75) is 38.9 Å². The van der Waals surface area contributed by atoms with Crippen LogP contribution in [0.25, 0.3) is 0 Å². The molecule has 4 heteroatoms. The predicted molar refractivity (Wildman–Crippen MR) is 83.9 cm³/mol. The Morgan fingerprint density at radius 3 is 2.62 bits per heavy atom. The van der Waals surface area contributed by atoms with Crippen LogP contribution in [0, 0.1) is 13.8 Å². The van der Waals surface area contributed by atoms with E-state index in [9.17, 15) is 5.11 Å². The number of hydrogen-bond donors (Lipinski definition) is 1. The normalized spacial score (nSPS) is 18.7. The van der Waals surface area contributed by atoms with E-state index in [1.165, 1.54) is 5.56 Å². The Labute approximate surface area is 127 Å². The fourth-order valence-electron chi connectivity index (χ4n) is 2.83. The summed E-state index contributed by atoms with van der Waals surface area (Å²) in [6.07, 6.45) is 2.01. The number of methoxy groups -OCH3 is 1. The van der Waals surface area contributed by atoms with Crippen molar-refractivity contribution < 1.29 is 14.6 Å².